The highest BCUT2D eigenvalue weighted by Crippen LogP contribution is 2.39. The number of aryl methyl sites for hydroxylation is 1. The zero-order valence-electron chi connectivity index (χ0n) is 20.0. The molecular formula is C26H31N5O3. The van der Waals surface area contributed by atoms with E-state index in [4.69, 9.17) is 4.74 Å². The number of aromatic nitrogens is 2. The van der Waals surface area contributed by atoms with Crippen molar-refractivity contribution in [3.05, 3.63) is 53.5 Å². The van der Waals surface area contributed by atoms with Crippen LogP contribution in [-0.4, -0.2) is 83.6 Å². The number of pyridine rings is 1. The van der Waals surface area contributed by atoms with Crippen LogP contribution in [0.4, 0.5) is 5.69 Å². The van der Waals surface area contributed by atoms with Crippen LogP contribution in [0.2, 0.25) is 0 Å². The van der Waals surface area contributed by atoms with Gasteiger partial charge in [0.2, 0.25) is 5.78 Å². The van der Waals surface area contributed by atoms with Crippen molar-refractivity contribution < 1.29 is 14.6 Å². The molecule has 2 aromatic heterocycles. The number of ether oxygens (including phenoxy) is 1. The number of rotatable bonds is 6. The number of phenols is 1. The summed E-state index contributed by atoms with van der Waals surface area (Å²) in [5.41, 5.74) is 3.09. The predicted molar refractivity (Wildman–Crippen MR) is 134 cm³/mol. The number of carbonyl (C=O) groups is 1. The van der Waals surface area contributed by atoms with Gasteiger partial charge in [-0.05, 0) is 57.9 Å². The maximum Gasteiger partial charge on any atom is 0.235 e. The lowest BCUT2D eigenvalue weighted by atomic mass is 10.1. The minimum Gasteiger partial charge on any atom is -0.507 e. The van der Waals surface area contributed by atoms with Gasteiger partial charge >= 0.3 is 0 Å². The summed E-state index contributed by atoms with van der Waals surface area (Å²) in [6.45, 7) is 6.16. The van der Waals surface area contributed by atoms with Crippen molar-refractivity contribution in [2.75, 3.05) is 58.3 Å². The van der Waals surface area contributed by atoms with Crippen LogP contribution in [0.5, 0.6) is 11.5 Å². The monoisotopic (exact) mass is 461 g/mol. The van der Waals surface area contributed by atoms with E-state index in [2.05, 4.69) is 39.8 Å². The highest BCUT2D eigenvalue weighted by molar-refractivity contribution is 6.17. The number of benzene rings is 1. The molecule has 0 amide bonds. The first-order valence-corrected chi connectivity index (χ1v) is 11.7. The maximum atomic E-state index is 12.9. The van der Waals surface area contributed by atoms with Crippen LogP contribution in [0.25, 0.3) is 17.1 Å². The molecule has 5 rings (SSSR count). The standard InChI is InChI=1S/C26H31N5O3/c1-28(2)10-5-11-30-12-14-31(15-13-30)19-8-9-27-26-23(19)18(17-29(26)3)16-22-25(33)24-20(32)6-4-7-21(24)34-22/h4,6-9,16-17,32H,5,10-15H2,1-3H3/b22-16-. The van der Waals surface area contributed by atoms with E-state index in [0.29, 0.717) is 5.75 Å². The van der Waals surface area contributed by atoms with Crippen molar-refractivity contribution in [3.8, 4) is 11.5 Å². The highest BCUT2D eigenvalue weighted by atomic mass is 16.5. The Morgan fingerprint density at radius 3 is 2.71 bits per heavy atom. The quantitative estimate of drug-likeness (QED) is 0.566. The number of hydrogen-bond acceptors (Lipinski definition) is 7. The number of phenolic OH excluding ortho intramolecular Hbond substituents is 1. The lowest BCUT2D eigenvalue weighted by molar-refractivity contribution is 0.101. The molecule has 1 saturated heterocycles. The molecule has 4 heterocycles. The van der Waals surface area contributed by atoms with E-state index >= 15 is 0 Å². The molecule has 2 aliphatic heterocycles. The van der Waals surface area contributed by atoms with E-state index in [1.807, 2.05) is 24.0 Å². The molecule has 1 fully saturated rings. The molecule has 0 atom stereocenters. The van der Waals surface area contributed by atoms with Gasteiger partial charge in [0.05, 0.1) is 0 Å². The number of carbonyl (C=O) groups excluding carboxylic acids is 1. The van der Waals surface area contributed by atoms with Gasteiger partial charge < -0.3 is 24.2 Å². The molecule has 1 aromatic carbocycles. The van der Waals surface area contributed by atoms with Crippen molar-refractivity contribution in [2.45, 2.75) is 6.42 Å². The smallest absolute Gasteiger partial charge is 0.235 e. The first kappa shape index (κ1) is 22.4. The number of ketones is 1. The van der Waals surface area contributed by atoms with E-state index in [1.54, 1.807) is 18.2 Å². The highest BCUT2D eigenvalue weighted by Gasteiger charge is 2.31. The number of hydrogen-bond donors (Lipinski definition) is 1. The van der Waals surface area contributed by atoms with Crippen LogP contribution in [0.15, 0.2) is 42.4 Å². The molecular weight excluding hydrogens is 430 g/mol. The summed E-state index contributed by atoms with van der Waals surface area (Å²) in [4.78, 5) is 24.7. The first-order chi connectivity index (χ1) is 16.4. The summed E-state index contributed by atoms with van der Waals surface area (Å²) >= 11 is 0. The van der Waals surface area contributed by atoms with Gasteiger partial charge in [-0.2, -0.15) is 0 Å². The molecule has 0 unspecified atom stereocenters. The zero-order valence-corrected chi connectivity index (χ0v) is 20.0. The Morgan fingerprint density at radius 2 is 1.97 bits per heavy atom. The van der Waals surface area contributed by atoms with Crippen molar-refractivity contribution in [1.29, 1.82) is 0 Å². The second-order valence-corrected chi connectivity index (χ2v) is 9.30. The Labute approximate surface area is 199 Å². The average molecular weight is 462 g/mol. The summed E-state index contributed by atoms with van der Waals surface area (Å²) in [6, 6.07) is 6.93. The summed E-state index contributed by atoms with van der Waals surface area (Å²) in [5, 5.41) is 11.1. The fourth-order valence-electron chi connectivity index (χ4n) is 4.87. The van der Waals surface area contributed by atoms with Gasteiger partial charge in [0.15, 0.2) is 5.76 Å². The predicted octanol–water partition coefficient (Wildman–Crippen LogP) is 2.97. The minimum absolute atomic E-state index is 0.0605. The molecule has 2 aliphatic rings. The number of nitrogens with zero attached hydrogens (tertiary/aromatic N) is 5. The molecule has 34 heavy (non-hydrogen) atoms. The maximum absolute atomic E-state index is 12.9. The third kappa shape index (κ3) is 4.15. The van der Waals surface area contributed by atoms with Crippen LogP contribution < -0.4 is 9.64 Å². The number of aromatic hydroxyl groups is 1. The number of fused-ring (bicyclic) bond motifs is 2. The summed E-state index contributed by atoms with van der Waals surface area (Å²) in [7, 11) is 6.19. The van der Waals surface area contributed by atoms with Gasteiger partial charge in [0.25, 0.3) is 0 Å². The number of piperazine rings is 1. The van der Waals surface area contributed by atoms with Crippen molar-refractivity contribution >= 4 is 28.6 Å². The van der Waals surface area contributed by atoms with Gasteiger partial charge in [0, 0.05) is 62.3 Å². The Hall–Kier alpha value is -3.36. The second-order valence-electron chi connectivity index (χ2n) is 9.30. The fourth-order valence-corrected chi connectivity index (χ4v) is 4.87. The number of allylic oxidation sites excluding steroid dienone is 1. The van der Waals surface area contributed by atoms with Gasteiger partial charge in [-0.15, -0.1) is 0 Å². The summed E-state index contributed by atoms with van der Waals surface area (Å²) < 4.78 is 7.79. The Bertz CT molecular complexity index is 1250. The third-order valence-corrected chi connectivity index (χ3v) is 6.62. The third-order valence-electron chi connectivity index (χ3n) is 6.62. The average Bonchev–Trinajstić information content (AvgIpc) is 3.31. The minimum atomic E-state index is -0.304. The van der Waals surface area contributed by atoms with Crippen LogP contribution in [0.1, 0.15) is 22.3 Å². The lowest BCUT2D eigenvalue weighted by Crippen LogP contribution is -2.47. The summed E-state index contributed by atoms with van der Waals surface area (Å²) in [6.07, 6.45) is 6.77. The second kappa shape index (κ2) is 9.12. The number of anilines is 1. The zero-order chi connectivity index (χ0) is 23.8. The van der Waals surface area contributed by atoms with Crippen molar-refractivity contribution in [1.82, 2.24) is 19.4 Å². The van der Waals surface area contributed by atoms with Crippen LogP contribution in [0, 0.1) is 0 Å². The summed E-state index contributed by atoms with van der Waals surface area (Å²) in [5.74, 6) is 0.237. The molecule has 0 radical (unpaired) electrons. The largest absolute Gasteiger partial charge is 0.507 e. The van der Waals surface area contributed by atoms with Crippen LogP contribution in [-0.2, 0) is 7.05 Å². The van der Waals surface area contributed by atoms with E-state index in [9.17, 15) is 9.90 Å². The molecule has 8 nitrogen and oxygen atoms in total. The van der Waals surface area contributed by atoms with E-state index in [0.717, 1.165) is 61.6 Å². The van der Waals surface area contributed by atoms with Crippen molar-refractivity contribution in [3.63, 3.8) is 0 Å². The SMILES string of the molecule is CN(C)CCCN1CCN(c2ccnc3c2c(/C=C2\Oc4cccc(O)c4C2=O)cn3C)CC1. The normalized spacial score (nSPS) is 17.7. The molecule has 0 saturated carbocycles. The Morgan fingerprint density at radius 1 is 1.18 bits per heavy atom. The fraction of sp³-hybridized carbons (Fsp3) is 0.385. The molecule has 0 spiro atoms. The topological polar surface area (TPSA) is 74.1 Å². The molecule has 8 heteroatoms. The van der Waals surface area contributed by atoms with Gasteiger partial charge in [-0.1, -0.05) is 6.07 Å². The molecule has 1 N–H and O–H groups in total. The Kier molecular flexibility index (Phi) is 6.02. The molecule has 3 aromatic rings. The first-order valence-electron chi connectivity index (χ1n) is 11.7. The molecule has 178 valence electrons. The van der Waals surface area contributed by atoms with E-state index < -0.39 is 0 Å². The van der Waals surface area contributed by atoms with Gasteiger partial charge in [0.1, 0.15) is 22.7 Å². The van der Waals surface area contributed by atoms with Crippen LogP contribution >= 0.6 is 0 Å². The lowest BCUT2D eigenvalue weighted by Gasteiger charge is -2.36. The van der Waals surface area contributed by atoms with E-state index in [1.165, 1.54) is 12.5 Å². The van der Waals surface area contributed by atoms with Crippen molar-refractivity contribution in [2.24, 2.45) is 7.05 Å². The molecule has 0 aliphatic carbocycles. The van der Waals surface area contributed by atoms with Crippen LogP contribution in [0.3, 0.4) is 0 Å². The molecule has 0 bridgehead atoms. The number of Topliss-reactive ketones (excluding diaryl/α,β-unsaturated/α-hetero) is 1. The van der Waals surface area contributed by atoms with E-state index in [-0.39, 0.29) is 22.9 Å². The Balaban J connectivity index is 1.41. The van der Waals surface area contributed by atoms with Gasteiger partial charge in [-0.3, -0.25) is 9.69 Å². The van der Waals surface area contributed by atoms with Gasteiger partial charge in [-0.25, -0.2) is 4.98 Å².